The molecule has 1 aromatic heterocycles. The number of rotatable bonds is 8. The monoisotopic (exact) mass is 532 g/mol. The average molecular weight is 533 g/mol. The van der Waals surface area contributed by atoms with Crippen LogP contribution in [0, 0.1) is 11.3 Å². The van der Waals surface area contributed by atoms with E-state index in [9.17, 15) is 23.3 Å². The van der Waals surface area contributed by atoms with Crippen LogP contribution in [-0.2, 0) is 14.6 Å². The van der Waals surface area contributed by atoms with Gasteiger partial charge < -0.3 is 9.47 Å². The lowest BCUT2D eigenvalue weighted by molar-refractivity contribution is -0.112. The average Bonchev–Trinajstić information content (AvgIpc) is 3.29. The van der Waals surface area contributed by atoms with Crippen LogP contribution >= 0.6 is 23.1 Å². The van der Waals surface area contributed by atoms with Crippen molar-refractivity contribution in [2.45, 2.75) is 12.1 Å². The van der Waals surface area contributed by atoms with E-state index in [2.05, 4.69) is 14.7 Å². The molecule has 3 rings (SSSR count). The lowest BCUT2D eigenvalue weighted by atomic mass is 10.1. The van der Waals surface area contributed by atoms with Crippen LogP contribution in [0.15, 0.2) is 53.2 Å². The summed E-state index contributed by atoms with van der Waals surface area (Å²) in [6.45, 7) is 1.95. The van der Waals surface area contributed by atoms with E-state index in [-0.39, 0.29) is 33.8 Å². The van der Waals surface area contributed by atoms with Crippen LogP contribution in [0.2, 0.25) is 5.02 Å². The number of nitriles is 1. The first-order chi connectivity index (χ1) is 16.6. The summed E-state index contributed by atoms with van der Waals surface area (Å²) in [4.78, 5) is 28.7. The minimum Gasteiger partial charge on any atom is -0.490 e. The predicted octanol–water partition coefficient (Wildman–Crippen LogP) is 3.76. The number of nitrogens with zero attached hydrogens (tertiary/aromatic N) is 3. The highest BCUT2D eigenvalue weighted by atomic mass is 35.5. The number of halogens is 1. The molecule has 180 valence electrons. The molecule has 0 atom stereocenters. The minimum absolute atomic E-state index is 0.00959. The summed E-state index contributed by atoms with van der Waals surface area (Å²) in [5.74, 6) is -1.35. The summed E-state index contributed by atoms with van der Waals surface area (Å²) in [6.07, 6.45) is 2.17. The Hall–Kier alpha value is -3.79. The first kappa shape index (κ1) is 25.8. The maximum atomic E-state index is 12.5. The molecule has 0 unspecified atom stereocenters. The first-order valence-corrected chi connectivity index (χ1v) is 12.9. The molecule has 1 heterocycles. The summed E-state index contributed by atoms with van der Waals surface area (Å²) in [7, 11) is -3.64. The molecular formula is C22H17ClN4O6S2. The fraction of sp³-hybridized carbons (Fsp3) is 0.136. The minimum atomic E-state index is -3.64. The molecule has 3 aromatic rings. The van der Waals surface area contributed by atoms with Gasteiger partial charge in [0, 0.05) is 17.8 Å². The van der Waals surface area contributed by atoms with Crippen molar-refractivity contribution in [1.29, 1.82) is 5.26 Å². The van der Waals surface area contributed by atoms with E-state index in [1.54, 1.807) is 43.3 Å². The molecule has 0 saturated heterocycles. The van der Waals surface area contributed by atoms with Crippen molar-refractivity contribution >= 4 is 56.1 Å². The number of sulfone groups is 1. The van der Waals surface area contributed by atoms with Gasteiger partial charge in [0.2, 0.25) is 15.0 Å². The Bertz CT molecular complexity index is 1450. The third kappa shape index (κ3) is 6.63. The largest absolute Gasteiger partial charge is 0.490 e. The molecule has 0 spiro atoms. The quantitative estimate of drug-likeness (QED) is 0.198. The van der Waals surface area contributed by atoms with Gasteiger partial charge in [-0.2, -0.15) is 14.6 Å². The number of esters is 1. The molecular weight excluding hydrogens is 516 g/mol. The molecule has 1 amide bonds. The molecule has 13 heteroatoms. The van der Waals surface area contributed by atoms with E-state index in [1.807, 2.05) is 0 Å². The number of hydrogen-bond donors (Lipinski definition) is 1. The standard InChI is InChI=1S/C22H17ClN4O6S2/c1-3-32-17-11-13(10-16(23)18(17)33-20(29)14-7-5-4-6-8-14)9-15(12-24)19(28)25-21-26-22(27-34-21)35(2,30)31/h4-11H,3H2,1-2H3,(H,25,26,27,28). The van der Waals surface area contributed by atoms with Crippen molar-refractivity contribution in [1.82, 2.24) is 9.36 Å². The van der Waals surface area contributed by atoms with E-state index in [0.29, 0.717) is 22.7 Å². The third-order valence-electron chi connectivity index (χ3n) is 4.17. The Morgan fingerprint density at radius 2 is 1.97 bits per heavy atom. The molecule has 0 aliphatic heterocycles. The van der Waals surface area contributed by atoms with Crippen LogP contribution in [0.3, 0.4) is 0 Å². The molecule has 10 nitrogen and oxygen atoms in total. The number of carbonyl (C=O) groups is 2. The van der Waals surface area contributed by atoms with E-state index in [1.165, 1.54) is 18.2 Å². The van der Waals surface area contributed by atoms with Crippen molar-refractivity contribution < 1.29 is 27.5 Å². The van der Waals surface area contributed by atoms with Crippen LogP contribution in [0.1, 0.15) is 22.8 Å². The lowest BCUT2D eigenvalue weighted by Crippen LogP contribution is -2.13. The van der Waals surface area contributed by atoms with Crippen molar-refractivity contribution in [3.8, 4) is 17.6 Å². The van der Waals surface area contributed by atoms with Crippen molar-refractivity contribution in [2.24, 2.45) is 0 Å². The van der Waals surface area contributed by atoms with Gasteiger partial charge in [-0.1, -0.05) is 29.8 Å². The van der Waals surface area contributed by atoms with Crippen molar-refractivity contribution in [3.63, 3.8) is 0 Å². The molecule has 1 N–H and O–H groups in total. The van der Waals surface area contributed by atoms with Crippen LogP contribution in [-0.4, -0.2) is 42.5 Å². The number of carbonyl (C=O) groups excluding carboxylic acids is 2. The van der Waals surface area contributed by atoms with Gasteiger partial charge in [-0.3, -0.25) is 10.1 Å². The zero-order valence-electron chi connectivity index (χ0n) is 18.3. The number of amides is 1. The fourth-order valence-corrected chi connectivity index (χ4v) is 4.35. The zero-order chi connectivity index (χ0) is 25.6. The highest BCUT2D eigenvalue weighted by molar-refractivity contribution is 7.90. The summed E-state index contributed by atoms with van der Waals surface area (Å²) in [5, 5.41) is 11.3. The van der Waals surface area contributed by atoms with Crippen LogP contribution < -0.4 is 14.8 Å². The molecule has 2 aromatic carbocycles. The van der Waals surface area contributed by atoms with Crippen LogP contribution in [0.4, 0.5) is 5.13 Å². The summed E-state index contributed by atoms with van der Waals surface area (Å²) >= 11 is 7.00. The maximum Gasteiger partial charge on any atom is 0.343 e. The lowest BCUT2D eigenvalue weighted by Gasteiger charge is -2.13. The van der Waals surface area contributed by atoms with Crippen LogP contribution in [0.5, 0.6) is 11.5 Å². The second kappa shape index (κ2) is 11.1. The highest BCUT2D eigenvalue weighted by Crippen LogP contribution is 2.38. The van der Waals surface area contributed by atoms with Gasteiger partial charge in [0.15, 0.2) is 11.5 Å². The predicted molar refractivity (Wildman–Crippen MR) is 129 cm³/mol. The Morgan fingerprint density at radius 3 is 2.57 bits per heavy atom. The van der Waals surface area contributed by atoms with E-state index in [0.717, 1.165) is 6.26 Å². The van der Waals surface area contributed by atoms with E-state index < -0.39 is 26.9 Å². The van der Waals surface area contributed by atoms with Gasteiger partial charge in [0.25, 0.3) is 11.1 Å². The summed E-state index contributed by atoms with van der Waals surface area (Å²) < 4.78 is 37.7. The molecule has 0 aliphatic carbocycles. The number of hydrogen-bond acceptors (Lipinski definition) is 10. The van der Waals surface area contributed by atoms with Gasteiger partial charge >= 0.3 is 5.97 Å². The smallest absolute Gasteiger partial charge is 0.343 e. The topological polar surface area (TPSA) is 148 Å². The number of benzene rings is 2. The van der Waals surface area contributed by atoms with Gasteiger partial charge in [-0.15, -0.1) is 0 Å². The maximum absolute atomic E-state index is 12.5. The second-order valence-corrected chi connectivity index (χ2v) is 9.87. The third-order valence-corrected chi connectivity index (χ3v) is 6.04. The number of anilines is 1. The summed E-state index contributed by atoms with van der Waals surface area (Å²) in [6, 6.07) is 12.9. The van der Waals surface area contributed by atoms with E-state index >= 15 is 0 Å². The van der Waals surface area contributed by atoms with E-state index in [4.69, 9.17) is 21.1 Å². The Balaban J connectivity index is 1.88. The fourth-order valence-electron chi connectivity index (χ4n) is 2.65. The number of aromatic nitrogens is 2. The molecule has 0 bridgehead atoms. The Kier molecular flexibility index (Phi) is 8.18. The van der Waals surface area contributed by atoms with Crippen molar-refractivity contribution in [2.75, 3.05) is 18.2 Å². The Morgan fingerprint density at radius 1 is 1.26 bits per heavy atom. The highest BCUT2D eigenvalue weighted by Gasteiger charge is 2.20. The Labute approximate surface area is 209 Å². The van der Waals surface area contributed by atoms with Gasteiger partial charge in [0.05, 0.1) is 17.2 Å². The van der Waals surface area contributed by atoms with Crippen molar-refractivity contribution in [3.05, 3.63) is 64.2 Å². The van der Waals surface area contributed by atoms with Crippen LogP contribution in [0.25, 0.3) is 6.08 Å². The SMILES string of the molecule is CCOc1cc(C=C(C#N)C(=O)Nc2nc(S(C)(=O)=O)ns2)cc(Cl)c1OC(=O)c1ccccc1. The molecule has 0 radical (unpaired) electrons. The molecule has 0 fully saturated rings. The first-order valence-electron chi connectivity index (χ1n) is 9.82. The zero-order valence-corrected chi connectivity index (χ0v) is 20.7. The molecule has 0 saturated carbocycles. The summed E-state index contributed by atoms with van der Waals surface area (Å²) in [5.41, 5.74) is 0.307. The van der Waals surface area contributed by atoms with Gasteiger partial charge in [-0.05, 0) is 42.8 Å². The second-order valence-electron chi connectivity index (χ2n) is 6.80. The van der Waals surface area contributed by atoms with Gasteiger partial charge in [0.1, 0.15) is 11.6 Å². The van der Waals surface area contributed by atoms with Gasteiger partial charge in [-0.25, -0.2) is 13.2 Å². The molecule has 35 heavy (non-hydrogen) atoms. The number of ether oxygens (including phenoxy) is 2. The number of nitrogens with one attached hydrogen (secondary N) is 1. The molecule has 0 aliphatic rings. The normalized spacial score (nSPS) is 11.4.